The van der Waals surface area contributed by atoms with Crippen molar-refractivity contribution in [3.63, 3.8) is 0 Å². The molecule has 1 heterocycles. The van der Waals surface area contributed by atoms with Gasteiger partial charge in [0.15, 0.2) is 0 Å². The van der Waals surface area contributed by atoms with Crippen LogP contribution in [-0.4, -0.2) is 64.0 Å². The number of amides is 2. The predicted octanol–water partition coefficient (Wildman–Crippen LogP) is 2.46. The molecule has 9 nitrogen and oxygen atoms in total. The van der Waals surface area contributed by atoms with Crippen LogP contribution >= 0.6 is 0 Å². The average molecular weight is 416 g/mol. The second-order valence-electron chi connectivity index (χ2n) is 7.25. The third-order valence-electron chi connectivity index (χ3n) is 4.82. The lowest BCUT2D eigenvalue weighted by atomic mass is 10.1. The maximum absolute atomic E-state index is 13.1. The zero-order chi connectivity index (χ0) is 22.3. The van der Waals surface area contributed by atoms with Gasteiger partial charge in [-0.3, -0.25) is 19.7 Å². The summed E-state index contributed by atoms with van der Waals surface area (Å²) in [6, 6.07) is 9.11. The van der Waals surface area contributed by atoms with E-state index in [1.54, 1.807) is 25.9 Å². The third kappa shape index (κ3) is 5.90. The van der Waals surface area contributed by atoms with Crippen LogP contribution in [0.4, 0.5) is 5.69 Å². The van der Waals surface area contributed by atoms with Crippen LogP contribution in [0.2, 0.25) is 0 Å². The standard InChI is InChI=1S/C21H28N4O5/c1-16(2)24(21(27)17-7-5-8-18(13-17)25(28)29)15-20(26)23(11-12-30-4)14-19-9-6-10-22(19)3/h5-10,13,16H,11-12,14-15H2,1-4H3. The minimum absolute atomic E-state index is 0.132. The Morgan fingerprint density at radius 2 is 1.97 bits per heavy atom. The van der Waals surface area contributed by atoms with E-state index in [0.29, 0.717) is 19.7 Å². The molecule has 0 atom stereocenters. The zero-order valence-corrected chi connectivity index (χ0v) is 17.8. The lowest BCUT2D eigenvalue weighted by molar-refractivity contribution is -0.384. The Hall–Kier alpha value is -3.20. The van der Waals surface area contributed by atoms with Crippen LogP contribution in [-0.2, 0) is 23.1 Å². The van der Waals surface area contributed by atoms with E-state index in [4.69, 9.17) is 4.74 Å². The predicted molar refractivity (Wildman–Crippen MR) is 112 cm³/mol. The highest BCUT2D eigenvalue weighted by Gasteiger charge is 2.25. The number of carbonyl (C=O) groups excluding carboxylic acids is 2. The van der Waals surface area contributed by atoms with E-state index in [1.165, 1.54) is 29.2 Å². The number of non-ortho nitro benzene ring substituents is 1. The first-order valence-electron chi connectivity index (χ1n) is 9.67. The molecule has 0 radical (unpaired) electrons. The van der Waals surface area contributed by atoms with Gasteiger partial charge in [-0.2, -0.15) is 0 Å². The van der Waals surface area contributed by atoms with Gasteiger partial charge in [0, 0.05) is 56.3 Å². The van der Waals surface area contributed by atoms with Crippen LogP contribution in [0.3, 0.4) is 0 Å². The zero-order valence-electron chi connectivity index (χ0n) is 17.8. The monoisotopic (exact) mass is 416 g/mol. The quantitative estimate of drug-likeness (QED) is 0.438. The molecule has 0 spiro atoms. The van der Waals surface area contributed by atoms with Crippen molar-refractivity contribution in [1.29, 1.82) is 0 Å². The number of nitro benzene ring substituents is 1. The lowest BCUT2D eigenvalue weighted by Gasteiger charge is -2.30. The van der Waals surface area contributed by atoms with Gasteiger partial charge in [-0.15, -0.1) is 0 Å². The van der Waals surface area contributed by atoms with Crippen LogP contribution < -0.4 is 0 Å². The molecule has 0 saturated heterocycles. The van der Waals surface area contributed by atoms with E-state index < -0.39 is 10.8 Å². The smallest absolute Gasteiger partial charge is 0.270 e. The van der Waals surface area contributed by atoms with Crippen molar-refractivity contribution < 1.29 is 19.2 Å². The fourth-order valence-corrected chi connectivity index (χ4v) is 3.00. The second-order valence-corrected chi connectivity index (χ2v) is 7.25. The molecule has 0 fully saturated rings. The number of hydrogen-bond donors (Lipinski definition) is 0. The van der Waals surface area contributed by atoms with Gasteiger partial charge in [0.05, 0.1) is 18.1 Å². The molecule has 0 unspecified atom stereocenters. The Labute approximate surface area is 176 Å². The maximum Gasteiger partial charge on any atom is 0.270 e. The molecule has 2 aromatic rings. The average Bonchev–Trinajstić information content (AvgIpc) is 3.12. The number of nitrogens with zero attached hydrogens (tertiary/aromatic N) is 4. The van der Waals surface area contributed by atoms with Crippen molar-refractivity contribution in [2.24, 2.45) is 7.05 Å². The van der Waals surface area contributed by atoms with Gasteiger partial charge in [0.25, 0.3) is 11.6 Å². The lowest BCUT2D eigenvalue weighted by Crippen LogP contribution is -2.46. The normalized spacial score (nSPS) is 10.8. The molecule has 162 valence electrons. The molecule has 1 aromatic heterocycles. The Bertz CT molecular complexity index is 893. The summed E-state index contributed by atoms with van der Waals surface area (Å²) in [6.07, 6.45) is 1.90. The second kappa shape index (κ2) is 10.5. The number of hydrogen-bond acceptors (Lipinski definition) is 5. The number of benzene rings is 1. The van der Waals surface area contributed by atoms with Gasteiger partial charge in [0.2, 0.25) is 5.91 Å². The largest absolute Gasteiger partial charge is 0.383 e. The van der Waals surface area contributed by atoms with Crippen LogP contribution in [0, 0.1) is 10.1 Å². The molecule has 30 heavy (non-hydrogen) atoms. The topological polar surface area (TPSA) is 97.9 Å². The Morgan fingerprint density at radius 3 is 2.53 bits per heavy atom. The number of rotatable bonds is 10. The van der Waals surface area contributed by atoms with E-state index in [0.717, 1.165) is 5.69 Å². The first-order chi connectivity index (χ1) is 14.2. The van der Waals surface area contributed by atoms with E-state index in [1.807, 2.05) is 29.9 Å². The van der Waals surface area contributed by atoms with Gasteiger partial charge in [0.1, 0.15) is 6.54 Å². The molecule has 0 aliphatic rings. The van der Waals surface area contributed by atoms with Crippen LogP contribution in [0.1, 0.15) is 29.9 Å². The summed E-state index contributed by atoms with van der Waals surface area (Å²) in [6.45, 7) is 4.63. The van der Waals surface area contributed by atoms with Gasteiger partial charge < -0.3 is 19.1 Å². The minimum Gasteiger partial charge on any atom is -0.383 e. The number of methoxy groups -OCH3 is 1. The van der Waals surface area contributed by atoms with Gasteiger partial charge in [-0.25, -0.2) is 0 Å². The molecular formula is C21H28N4O5. The summed E-state index contributed by atoms with van der Waals surface area (Å²) in [5.74, 6) is -0.645. The molecule has 9 heteroatoms. The first-order valence-corrected chi connectivity index (χ1v) is 9.67. The molecule has 0 aliphatic heterocycles. The van der Waals surface area contributed by atoms with Crippen molar-refractivity contribution in [2.75, 3.05) is 26.8 Å². The fourth-order valence-electron chi connectivity index (χ4n) is 3.00. The van der Waals surface area contributed by atoms with E-state index in [-0.39, 0.29) is 29.7 Å². The molecule has 0 saturated carbocycles. The number of aryl methyl sites for hydroxylation is 1. The molecule has 0 aliphatic carbocycles. The summed E-state index contributed by atoms with van der Waals surface area (Å²) >= 11 is 0. The molecule has 2 rings (SSSR count). The van der Waals surface area contributed by atoms with E-state index in [2.05, 4.69) is 0 Å². The highest BCUT2D eigenvalue weighted by atomic mass is 16.6. The van der Waals surface area contributed by atoms with Gasteiger partial charge >= 0.3 is 0 Å². The van der Waals surface area contributed by atoms with Gasteiger partial charge in [-0.1, -0.05) is 6.07 Å². The number of ether oxygens (including phenoxy) is 1. The summed E-state index contributed by atoms with van der Waals surface area (Å²) < 4.78 is 7.06. The van der Waals surface area contributed by atoms with E-state index >= 15 is 0 Å². The number of aromatic nitrogens is 1. The first kappa shape index (κ1) is 23.1. The Morgan fingerprint density at radius 1 is 1.23 bits per heavy atom. The molecule has 0 bridgehead atoms. The van der Waals surface area contributed by atoms with Crippen LogP contribution in [0.5, 0.6) is 0 Å². The minimum atomic E-state index is -0.548. The van der Waals surface area contributed by atoms with Crippen molar-refractivity contribution >= 4 is 17.5 Å². The number of nitro groups is 1. The van der Waals surface area contributed by atoms with Crippen LogP contribution in [0.15, 0.2) is 42.6 Å². The molecule has 2 amide bonds. The molecule has 1 aromatic carbocycles. The van der Waals surface area contributed by atoms with Crippen LogP contribution in [0.25, 0.3) is 0 Å². The highest BCUT2D eigenvalue weighted by molar-refractivity contribution is 5.97. The summed E-state index contributed by atoms with van der Waals surface area (Å²) in [4.78, 5) is 39.6. The number of carbonyl (C=O) groups is 2. The summed E-state index contributed by atoms with van der Waals surface area (Å²) in [5.41, 5.74) is 0.971. The van der Waals surface area contributed by atoms with Crippen molar-refractivity contribution in [3.05, 3.63) is 64.0 Å². The Kier molecular flexibility index (Phi) is 8.11. The SMILES string of the molecule is COCCN(Cc1cccn1C)C(=O)CN(C(=O)c1cccc([N+](=O)[O-])c1)C(C)C. The summed E-state index contributed by atoms with van der Waals surface area (Å²) in [5, 5.41) is 11.0. The third-order valence-corrected chi connectivity index (χ3v) is 4.82. The maximum atomic E-state index is 13.1. The molecular weight excluding hydrogens is 388 g/mol. The summed E-state index contributed by atoms with van der Waals surface area (Å²) in [7, 11) is 3.47. The highest BCUT2D eigenvalue weighted by Crippen LogP contribution is 2.16. The van der Waals surface area contributed by atoms with Gasteiger partial charge in [-0.05, 0) is 32.0 Å². The van der Waals surface area contributed by atoms with E-state index in [9.17, 15) is 19.7 Å². The fraction of sp³-hybridized carbons (Fsp3) is 0.429. The van der Waals surface area contributed by atoms with Crippen molar-refractivity contribution in [2.45, 2.75) is 26.4 Å². The molecule has 0 N–H and O–H groups in total. The van der Waals surface area contributed by atoms with Crippen molar-refractivity contribution in [3.8, 4) is 0 Å². The van der Waals surface area contributed by atoms with Crippen molar-refractivity contribution in [1.82, 2.24) is 14.4 Å². The Balaban J connectivity index is 2.20.